The Morgan fingerprint density at radius 2 is 1.71 bits per heavy atom. The number of methoxy groups -OCH3 is 1. The van der Waals surface area contributed by atoms with E-state index in [0.29, 0.717) is 11.1 Å². The van der Waals surface area contributed by atoms with Crippen molar-refractivity contribution in [1.82, 2.24) is 0 Å². The van der Waals surface area contributed by atoms with Gasteiger partial charge in [0.2, 0.25) is 5.75 Å². The number of esters is 1. The van der Waals surface area contributed by atoms with Crippen LogP contribution in [-0.2, 0) is 11.3 Å². The predicted octanol–water partition coefficient (Wildman–Crippen LogP) is 2.20. The standard InChI is InChI=1S/C15H15NO5/c1-21-15(20)9-2-5-11(6-3-9)16-8-10-4-7-12(17)14(19)13(10)18/h2-7,16-19H,8H2,1H3. The fourth-order valence-corrected chi connectivity index (χ4v) is 1.79. The zero-order chi connectivity index (χ0) is 15.4. The summed E-state index contributed by atoms with van der Waals surface area (Å²) in [5.74, 6) is -1.70. The summed E-state index contributed by atoms with van der Waals surface area (Å²) in [4.78, 5) is 11.3. The number of ether oxygens (including phenoxy) is 1. The van der Waals surface area contributed by atoms with Crippen LogP contribution in [0.15, 0.2) is 36.4 Å². The molecule has 0 aliphatic heterocycles. The number of nitrogens with one attached hydrogen (secondary N) is 1. The van der Waals surface area contributed by atoms with Crippen molar-refractivity contribution in [2.45, 2.75) is 6.54 Å². The second-order valence-corrected chi connectivity index (χ2v) is 4.36. The van der Waals surface area contributed by atoms with Crippen LogP contribution in [0.3, 0.4) is 0 Å². The molecule has 2 rings (SSSR count). The lowest BCUT2D eigenvalue weighted by molar-refractivity contribution is 0.0601. The topological polar surface area (TPSA) is 99.0 Å². The number of aromatic hydroxyl groups is 3. The molecule has 0 aliphatic rings. The Balaban J connectivity index is 2.07. The minimum atomic E-state index is -0.546. The zero-order valence-corrected chi connectivity index (χ0v) is 11.3. The lowest BCUT2D eigenvalue weighted by Crippen LogP contribution is -2.03. The van der Waals surface area contributed by atoms with Gasteiger partial charge in [-0.05, 0) is 36.4 Å². The highest BCUT2D eigenvalue weighted by Gasteiger charge is 2.10. The number of anilines is 1. The molecule has 0 saturated heterocycles. The molecule has 21 heavy (non-hydrogen) atoms. The van der Waals surface area contributed by atoms with Gasteiger partial charge in [-0.1, -0.05) is 0 Å². The number of carbonyl (C=O) groups excluding carboxylic acids is 1. The van der Waals surface area contributed by atoms with Crippen molar-refractivity contribution in [2.75, 3.05) is 12.4 Å². The van der Waals surface area contributed by atoms with E-state index in [1.807, 2.05) is 0 Å². The fraction of sp³-hybridized carbons (Fsp3) is 0.133. The maximum atomic E-state index is 11.3. The van der Waals surface area contributed by atoms with Crippen LogP contribution in [0.4, 0.5) is 5.69 Å². The van der Waals surface area contributed by atoms with Gasteiger partial charge in [0, 0.05) is 17.8 Å². The lowest BCUT2D eigenvalue weighted by atomic mass is 10.1. The monoisotopic (exact) mass is 289 g/mol. The lowest BCUT2D eigenvalue weighted by Gasteiger charge is -2.10. The van der Waals surface area contributed by atoms with Gasteiger partial charge in [-0.3, -0.25) is 0 Å². The molecule has 4 N–H and O–H groups in total. The molecular weight excluding hydrogens is 274 g/mol. The molecule has 0 fully saturated rings. The summed E-state index contributed by atoms with van der Waals surface area (Å²) in [5.41, 5.74) is 1.60. The number of hydrogen-bond acceptors (Lipinski definition) is 6. The van der Waals surface area contributed by atoms with Crippen molar-refractivity contribution in [2.24, 2.45) is 0 Å². The molecule has 0 spiro atoms. The Hall–Kier alpha value is -2.89. The summed E-state index contributed by atoms with van der Waals surface area (Å²) in [6, 6.07) is 9.42. The number of phenols is 3. The second-order valence-electron chi connectivity index (χ2n) is 4.36. The van der Waals surface area contributed by atoms with Crippen LogP contribution in [0.2, 0.25) is 0 Å². The van der Waals surface area contributed by atoms with Crippen LogP contribution < -0.4 is 5.32 Å². The Morgan fingerprint density at radius 1 is 1.05 bits per heavy atom. The molecule has 6 nitrogen and oxygen atoms in total. The second kappa shape index (κ2) is 6.04. The summed E-state index contributed by atoms with van der Waals surface area (Å²) in [6.07, 6.45) is 0. The molecule has 0 atom stereocenters. The molecule has 0 amide bonds. The number of rotatable bonds is 4. The smallest absolute Gasteiger partial charge is 0.337 e. The summed E-state index contributed by atoms with van der Waals surface area (Å²) in [7, 11) is 1.31. The third kappa shape index (κ3) is 3.17. The van der Waals surface area contributed by atoms with Crippen LogP contribution in [0.5, 0.6) is 17.2 Å². The van der Waals surface area contributed by atoms with Crippen molar-refractivity contribution < 1.29 is 24.9 Å². The van der Waals surface area contributed by atoms with E-state index in [4.69, 9.17) is 0 Å². The molecule has 0 aromatic heterocycles. The summed E-state index contributed by atoms with van der Waals surface area (Å²) in [5, 5.41) is 31.4. The van der Waals surface area contributed by atoms with Crippen molar-refractivity contribution in [3.05, 3.63) is 47.5 Å². The molecule has 2 aromatic rings. The van der Waals surface area contributed by atoms with E-state index in [-0.39, 0.29) is 18.0 Å². The van der Waals surface area contributed by atoms with Crippen molar-refractivity contribution >= 4 is 11.7 Å². The van der Waals surface area contributed by atoms with Crippen molar-refractivity contribution in [3.63, 3.8) is 0 Å². The van der Waals surface area contributed by atoms with Crippen LogP contribution in [0.1, 0.15) is 15.9 Å². The first-order valence-electron chi connectivity index (χ1n) is 6.18. The zero-order valence-electron chi connectivity index (χ0n) is 11.3. The molecule has 2 aromatic carbocycles. The van der Waals surface area contributed by atoms with E-state index < -0.39 is 11.7 Å². The molecular formula is C15H15NO5. The molecule has 0 unspecified atom stereocenters. The van der Waals surface area contributed by atoms with E-state index in [1.54, 1.807) is 24.3 Å². The fourth-order valence-electron chi connectivity index (χ4n) is 1.79. The molecule has 0 saturated carbocycles. The maximum absolute atomic E-state index is 11.3. The Morgan fingerprint density at radius 3 is 2.33 bits per heavy atom. The molecule has 0 radical (unpaired) electrons. The van der Waals surface area contributed by atoms with Gasteiger partial charge in [0.25, 0.3) is 0 Å². The van der Waals surface area contributed by atoms with E-state index in [9.17, 15) is 20.1 Å². The van der Waals surface area contributed by atoms with Crippen LogP contribution in [0.25, 0.3) is 0 Å². The molecule has 0 bridgehead atoms. The number of phenolic OH excluding ortho intramolecular Hbond substituents is 3. The molecule has 0 heterocycles. The number of carbonyl (C=O) groups is 1. The third-order valence-electron chi connectivity index (χ3n) is 3.00. The largest absolute Gasteiger partial charge is 0.504 e. The van der Waals surface area contributed by atoms with Gasteiger partial charge in [-0.25, -0.2) is 4.79 Å². The van der Waals surface area contributed by atoms with Gasteiger partial charge >= 0.3 is 5.97 Å². The Labute approximate surface area is 121 Å². The van der Waals surface area contributed by atoms with Crippen molar-refractivity contribution in [3.8, 4) is 17.2 Å². The Bertz CT molecular complexity index is 652. The minimum absolute atomic E-state index is 0.247. The van der Waals surface area contributed by atoms with Crippen LogP contribution >= 0.6 is 0 Å². The molecule has 110 valence electrons. The van der Waals surface area contributed by atoms with Gasteiger partial charge in [0.05, 0.1) is 12.7 Å². The van der Waals surface area contributed by atoms with E-state index in [0.717, 1.165) is 5.69 Å². The average molecular weight is 289 g/mol. The highest BCUT2D eigenvalue weighted by molar-refractivity contribution is 5.89. The Kier molecular flexibility index (Phi) is 4.18. The van der Waals surface area contributed by atoms with Crippen LogP contribution in [-0.4, -0.2) is 28.4 Å². The molecule has 0 aliphatic carbocycles. The summed E-state index contributed by atoms with van der Waals surface area (Å²) >= 11 is 0. The average Bonchev–Trinajstić information content (AvgIpc) is 2.52. The third-order valence-corrected chi connectivity index (χ3v) is 3.00. The quantitative estimate of drug-likeness (QED) is 0.509. The minimum Gasteiger partial charge on any atom is -0.504 e. The summed E-state index contributed by atoms with van der Waals surface area (Å²) in [6.45, 7) is 0.247. The first-order chi connectivity index (χ1) is 10.0. The van der Waals surface area contributed by atoms with E-state index >= 15 is 0 Å². The normalized spacial score (nSPS) is 10.1. The van der Waals surface area contributed by atoms with Gasteiger partial charge in [-0.15, -0.1) is 0 Å². The van der Waals surface area contributed by atoms with Gasteiger partial charge in [0.15, 0.2) is 11.5 Å². The highest BCUT2D eigenvalue weighted by atomic mass is 16.5. The first kappa shape index (κ1) is 14.5. The van der Waals surface area contributed by atoms with Gasteiger partial charge < -0.3 is 25.4 Å². The maximum Gasteiger partial charge on any atom is 0.337 e. The number of hydrogen-bond donors (Lipinski definition) is 4. The number of benzene rings is 2. The molecule has 6 heteroatoms. The van der Waals surface area contributed by atoms with E-state index in [2.05, 4.69) is 10.1 Å². The summed E-state index contributed by atoms with van der Waals surface area (Å²) < 4.78 is 4.60. The first-order valence-corrected chi connectivity index (χ1v) is 6.18. The van der Waals surface area contributed by atoms with Crippen LogP contribution in [0, 0.1) is 0 Å². The highest BCUT2D eigenvalue weighted by Crippen LogP contribution is 2.37. The van der Waals surface area contributed by atoms with E-state index in [1.165, 1.54) is 19.2 Å². The SMILES string of the molecule is COC(=O)c1ccc(NCc2ccc(O)c(O)c2O)cc1. The van der Waals surface area contributed by atoms with Gasteiger partial charge in [0.1, 0.15) is 0 Å². The van der Waals surface area contributed by atoms with Crippen molar-refractivity contribution in [1.29, 1.82) is 0 Å². The van der Waals surface area contributed by atoms with Gasteiger partial charge in [-0.2, -0.15) is 0 Å². The predicted molar refractivity (Wildman–Crippen MR) is 76.5 cm³/mol.